The first kappa shape index (κ1) is 13.9. The van der Waals surface area contributed by atoms with Gasteiger partial charge in [0.15, 0.2) is 0 Å². The van der Waals surface area contributed by atoms with Crippen molar-refractivity contribution in [2.75, 3.05) is 6.61 Å². The van der Waals surface area contributed by atoms with Crippen LogP contribution in [-0.4, -0.2) is 6.61 Å². The summed E-state index contributed by atoms with van der Waals surface area (Å²) in [6.07, 6.45) is 0.443. The zero-order valence-corrected chi connectivity index (χ0v) is 11.5. The van der Waals surface area contributed by atoms with Crippen LogP contribution in [0, 0.1) is 5.82 Å². The number of rotatable bonds is 5. The number of alkyl halides is 1. The highest BCUT2D eigenvalue weighted by Crippen LogP contribution is 2.32. The molecule has 0 aliphatic rings. The number of halogens is 2. The van der Waals surface area contributed by atoms with Gasteiger partial charge in [0.05, 0.1) is 12.0 Å². The van der Waals surface area contributed by atoms with Crippen LogP contribution < -0.4 is 4.74 Å². The highest BCUT2D eigenvalue weighted by atomic mass is 35.5. The minimum Gasteiger partial charge on any atom is -0.494 e. The maximum atomic E-state index is 13.6. The molecule has 0 radical (unpaired) electrons. The predicted octanol–water partition coefficient (Wildman–Crippen LogP) is 4.75. The first-order valence-electron chi connectivity index (χ1n) is 6.31. The standard InChI is InChI=1S/C16H16ClFO/c1-2-19-16-10-6-4-8-13(16)14(17)11-12-7-3-5-9-15(12)18/h3-10,14H,2,11H2,1H3. The monoisotopic (exact) mass is 278 g/mol. The van der Waals surface area contributed by atoms with Crippen LogP contribution in [0.1, 0.15) is 23.4 Å². The molecule has 2 aromatic rings. The summed E-state index contributed by atoms with van der Waals surface area (Å²) in [5.41, 5.74) is 1.52. The van der Waals surface area contributed by atoms with Gasteiger partial charge in [-0.2, -0.15) is 0 Å². The molecule has 1 atom stereocenters. The highest BCUT2D eigenvalue weighted by Gasteiger charge is 2.15. The van der Waals surface area contributed by atoms with Gasteiger partial charge in [-0.05, 0) is 31.0 Å². The van der Waals surface area contributed by atoms with Gasteiger partial charge >= 0.3 is 0 Å². The van der Waals surface area contributed by atoms with Crippen LogP contribution in [-0.2, 0) is 6.42 Å². The van der Waals surface area contributed by atoms with Crippen molar-refractivity contribution >= 4 is 11.6 Å². The average molecular weight is 279 g/mol. The second kappa shape index (κ2) is 6.58. The van der Waals surface area contributed by atoms with E-state index in [1.807, 2.05) is 37.3 Å². The van der Waals surface area contributed by atoms with Crippen LogP contribution >= 0.6 is 11.6 Å². The minimum atomic E-state index is -0.306. The number of hydrogen-bond acceptors (Lipinski definition) is 1. The van der Waals surface area contributed by atoms with E-state index in [-0.39, 0.29) is 11.2 Å². The summed E-state index contributed by atoms with van der Waals surface area (Å²) in [6, 6.07) is 14.3. The summed E-state index contributed by atoms with van der Waals surface area (Å²) in [7, 11) is 0. The normalized spacial score (nSPS) is 12.2. The number of ether oxygens (including phenoxy) is 1. The topological polar surface area (TPSA) is 9.23 Å². The Morgan fingerprint density at radius 3 is 2.53 bits per heavy atom. The van der Waals surface area contributed by atoms with E-state index in [1.165, 1.54) is 6.07 Å². The molecular weight excluding hydrogens is 263 g/mol. The molecule has 19 heavy (non-hydrogen) atoms. The fourth-order valence-electron chi connectivity index (χ4n) is 1.99. The lowest BCUT2D eigenvalue weighted by Crippen LogP contribution is -2.02. The molecule has 0 fully saturated rings. The van der Waals surface area contributed by atoms with E-state index in [4.69, 9.17) is 16.3 Å². The van der Waals surface area contributed by atoms with Gasteiger partial charge in [0.1, 0.15) is 11.6 Å². The third-order valence-electron chi connectivity index (χ3n) is 2.91. The van der Waals surface area contributed by atoms with Crippen molar-refractivity contribution in [3.63, 3.8) is 0 Å². The number of para-hydroxylation sites is 1. The van der Waals surface area contributed by atoms with E-state index in [2.05, 4.69) is 0 Å². The van der Waals surface area contributed by atoms with E-state index in [0.717, 1.165) is 11.3 Å². The van der Waals surface area contributed by atoms with Crippen LogP contribution in [0.5, 0.6) is 5.75 Å². The Bertz CT molecular complexity index is 542. The average Bonchev–Trinajstić information content (AvgIpc) is 2.42. The fourth-order valence-corrected chi connectivity index (χ4v) is 2.34. The molecule has 0 bridgehead atoms. The first-order valence-corrected chi connectivity index (χ1v) is 6.75. The van der Waals surface area contributed by atoms with Crippen molar-refractivity contribution in [3.8, 4) is 5.75 Å². The Hall–Kier alpha value is -1.54. The van der Waals surface area contributed by atoms with Crippen molar-refractivity contribution in [2.45, 2.75) is 18.7 Å². The lowest BCUT2D eigenvalue weighted by molar-refractivity contribution is 0.336. The molecular formula is C16H16ClFO. The van der Waals surface area contributed by atoms with Gasteiger partial charge in [0.2, 0.25) is 0 Å². The lowest BCUT2D eigenvalue weighted by atomic mass is 10.0. The van der Waals surface area contributed by atoms with E-state index in [9.17, 15) is 4.39 Å². The molecule has 0 aromatic heterocycles. The summed E-state index contributed by atoms with van der Waals surface area (Å²) < 4.78 is 19.2. The minimum absolute atomic E-state index is 0.220. The molecule has 1 nitrogen and oxygen atoms in total. The fraction of sp³-hybridized carbons (Fsp3) is 0.250. The number of benzene rings is 2. The molecule has 3 heteroatoms. The third-order valence-corrected chi connectivity index (χ3v) is 3.30. The second-order valence-corrected chi connectivity index (χ2v) is 4.76. The Morgan fingerprint density at radius 1 is 1.11 bits per heavy atom. The van der Waals surface area contributed by atoms with Gasteiger partial charge < -0.3 is 4.74 Å². The molecule has 100 valence electrons. The van der Waals surface area contributed by atoms with Crippen molar-refractivity contribution in [1.82, 2.24) is 0 Å². The van der Waals surface area contributed by atoms with Gasteiger partial charge in [-0.25, -0.2) is 4.39 Å². The molecule has 0 saturated heterocycles. The first-order chi connectivity index (χ1) is 9.22. The predicted molar refractivity (Wildman–Crippen MR) is 76.3 cm³/mol. The van der Waals surface area contributed by atoms with Crippen molar-refractivity contribution in [1.29, 1.82) is 0 Å². The van der Waals surface area contributed by atoms with E-state index < -0.39 is 0 Å². The molecule has 2 aromatic carbocycles. The SMILES string of the molecule is CCOc1ccccc1C(Cl)Cc1ccccc1F. The Kier molecular flexibility index (Phi) is 4.80. The summed E-state index contributed by atoms with van der Waals surface area (Å²) in [6.45, 7) is 2.51. The zero-order chi connectivity index (χ0) is 13.7. The lowest BCUT2D eigenvalue weighted by Gasteiger charge is -2.15. The maximum Gasteiger partial charge on any atom is 0.126 e. The van der Waals surface area contributed by atoms with Gasteiger partial charge in [-0.3, -0.25) is 0 Å². The van der Waals surface area contributed by atoms with Crippen LogP contribution in [0.3, 0.4) is 0 Å². The third kappa shape index (κ3) is 3.48. The number of hydrogen-bond donors (Lipinski definition) is 0. The molecule has 0 aliphatic carbocycles. The van der Waals surface area contributed by atoms with E-state index in [1.54, 1.807) is 12.1 Å². The van der Waals surface area contributed by atoms with Crippen LogP contribution in [0.15, 0.2) is 48.5 Å². The second-order valence-electron chi connectivity index (χ2n) is 4.23. The maximum absolute atomic E-state index is 13.6. The summed E-state index contributed by atoms with van der Waals surface area (Å²) in [4.78, 5) is 0. The molecule has 0 heterocycles. The van der Waals surface area contributed by atoms with E-state index >= 15 is 0 Å². The Balaban J connectivity index is 2.20. The Labute approximate surface area is 118 Å². The molecule has 0 N–H and O–H groups in total. The van der Waals surface area contributed by atoms with Gasteiger partial charge in [0.25, 0.3) is 0 Å². The zero-order valence-electron chi connectivity index (χ0n) is 10.8. The van der Waals surface area contributed by atoms with Crippen molar-refractivity contribution < 1.29 is 9.13 Å². The van der Waals surface area contributed by atoms with Crippen LogP contribution in [0.25, 0.3) is 0 Å². The highest BCUT2D eigenvalue weighted by molar-refractivity contribution is 6.21. The molecule has 0 saturated carbocycles. The molecule has 0 amide bonds. The smallest absolute Gasteiger partial charge is 0.126 e. The summed E-state index contributed by atoms with van der Waals surface area (Å²) >= 11 is 6.41. The van der Waals surface area contributed by atoms with Crippen LogP contribution in [0.4, 0.5) is 4.39 Å². The summed E-state index contributed by atoms with van der Waals surface area (Å²) in [5, 5.41) is -0.306. The van der Waals surface area contributed by atoms with Crippen LogP contribution in [0.2, 0.25) is 0 Å². The van der Waals surface area contributed by atoms with Gasteiger partial charge in [0, 0.05) is 5.56 Å². The summed E-state index contributed by atoms with van der Waals surface area (Å²) in [5.74, 6) is 0.545. The molecule has 0 spiro atoms. The Morgan fingerprint density at radius 2 is 1.79 bits per heavy atom. The van der Waals surface area contributed by atoms with E-state index in [0.29, 0.717) is 18.6 Å². The quantitative estimate of drug-likeness (QED) is 0.717. The molecule has 2 rings (SSSR count). The van der Waals surface area contributed by atoms with Gasteiger partial charge in [-0.1, -0.05) is 36.4 Å². The van der Waals surface area contributed by atoms with Crippen molar-refractivity contribution in [2.24, 2.45) is 0 Å². The molecule has 1 unspecified atom stereocenters. The molecule has 0 aliphatic heterocycles. The van der Waals surface area contributed by atoms with Gasteiger partial charge in [-0.15, -0.1) is 11.6 Å². The van der Waals surface area contributed by atoms with Crippen molar-refractivity contribution in [3.05, 3.63) is 65.5 Å². The largest absolute Gasteiger partial charge is 0.494 e.